The summed E-state index contributed by atoms with van der Waals surface area (Å²) < 4.78 is 12.8. The number of rotatable bonds is 15. The zero-order valence-electron chi connectivity index (χ0n) is 31.4. The van der Waals surface area contributed by atoms with Gasteiger partial charge in [-0.05, 0) is 106 Å². The van der Waals surface area contributed by atoms with Crippen LogP contribution in [0, 0.1) is 0 Å². The second-order valence-corrected chi connectivity index (χ2v) is 13.4. The topological polar surface area (TPSA) is 31.4 Å². The van der Waals surface area contributed by atoms with Gasteiger partial charge in [0.05, 0.1) is 12.7 Å². The van der Waals surface area contributed by atoms with Gasteiger partial charge in [-0.3, -0.25) is 0 Å². The minimum atomic E-state index is -0.376. The fraction of sp³-hybridized carbons (Fsp3) is 0.244. The van der Waals surface area contributed by atoms with Gasteiger partial charge in [-0.25, -0.2) is 0 Å². The molecule has 6 nitrogen and oxygen atoms in total. The molecule has 0 bridgehead atoms. The molecule has 5 rings (SSSR count). The van der Waals surface area contributed by atoms with Crippen LogP contribution in [0.5, 0.6) is 5.75 Å². The maximum absolute atomic E-state index is 6.75. The van der Waals surface area contributed by atoms with Gasteiger partial charge in [0.2, 0.25) is 0 Å². The predicted molar refractivity (Wildman–Crippen MR) is 219 cm³/mol. The summed E-state index contributed by atoms with van der Waals surface area (Å²) in [5.74, 6) is 0.828. The van der Waals surface area contributed by atoms with Gasteiger partial charge in [-0.2, -0.15) is 0 Å². The van der Waals surface area contributed by atoms with Gasteiger partial charge < -0.3 is 29.1 Å². The smallest absolute Gasteiger partial charge is 0.119 e. The summed E-state index contributed by atoms with van der Waals surface area (Å²) >= 11 is 0. The molecule has 5 aromatic rings. The molecule has 0 aromatic heterocycles. The molecule has 51 heavy (non-hydrogen) atoms. The van der Waals surface area contributed by atoms with Crippen molar-refractivity contribution in [3.8, 4) is 5.75 Å². The van der Waals surface area contributed by atoms with E-state index in [0.29, 0.717) is 13.2 Å². The monoisotopic (exact) mass is 680 g/mol. The van der Waals surface area contributed by atoms with Crippen LogP contribution in [0.1, 0.15) is 22.3 Å². The quantitative estimate of drug-likeness (QED) is 0.103. The third kappa shape index (κ3) is 10.1. The highest BCUT2D eigenvalue weighted by molar-refractivity contribution is 5.84. The molecule has 0 spiro atoms. The van der Waals surface area contributed by atoms with E-state index in [4.69, 9.17) is 9.47 Å². The molecule has 0 aliphatic heterocycles. The Bertz CT molecular complexity index is 1640. The summed E-state index contributed by atoms with van der Waals surface area (Å²) in [6.45, 7) is 0.836. The highest BCUT2D eigenvalue weighted by Gasteiger charge is 2.15. The van der Waals surface area contributed by atoms with Crippen LogP contribution >= 0.6 is 0 Å². The van der Waals surface area contributed by atoms with E-state index in [-0.39, 0.29) is 6.10 Å². The molecule has 0 N–H and O–H groups in total. The average molecular weight is 681 g/mol. The highest BCUT2D eigenvalue weighted by Crippen LogP contribution is 2.32. The molecule has 5 aromatic carbocycles. The van der Waals surface area contributed by atoms with Crippen molar-refractivity contribution in [3.63, 3.8) is 0 Å². The lowest BCUT2D eigenvalue weighted by Crippen LogP contribution is -2.15. The van der Waals surface area contributed by atoms with Crippen LogP contribution in [0.4, 0.5) is 22.7 Å². The maximum atomic E-state index is 6.75. The van der Waals surface area contributed by atoms with E-state index in [1.165, 1.54) is 0 Å². The lowest BCUT2D eigenvalue weighted by molar-refractivity contribution is 0.0852. The molecule has 264 valence electrons. The fourth-order valence-corrected chi connectivity index (χ4v) is 5.81. The van der Waals surface area contributed by atoms with Crippen molar-refractivity contribution in [2.45, 2.75) is 6.10 Å². The summed E-state index contributed by atoms with van der Waals surface area (Å²) in [6.07, 6.45) is 4.12. The minimum Gasteiger partial charge on any atom is -0.491 e. The molecule has 6 heteroatoms. The number of anilines is 4. The zero-order valence-corrected chi connectivity index (χ0v) is 31.4. The summed E-state index contributed by atoms with van der Waals surface area (Å²) in [6, 6.07) is 44.8. The Labute approximate surface area is 305 Å². The molecule has 0 fully saturated rings. The highest BCUT2D eigenvalue weighted by atomic mass is 16.5. The lowest BCUT2D eigenvalue weighted by Gasteiger charge is -2.20. The molecule has 0 saturated heterocycles. The number of hydrogen-bond donors (Lipinski definition) is 0. The lowest BCUT2D eigenvalue weighted by atomic mass is 9.93. The molecular formula is C45H52N4O2. The van der Waals surface area contributed by atoms with Crippen molar-refractivity contribution in [2.24, 2.45) is 0 Å². The molecular weight excluding hydrogens is 629 g/mol. The first kappa shape index (κ1) is 36.8. The second-order valence-electron chi connectivity index (χ2n) is 13.4. The summed E-state index contributed by atoms with van der Waals surface area (Å²) in [5, 5.41) is 0. The third-order valence-electron chi connectivity index (χ3n) is 8.85. The van der Waals surface area contributed by atoms with Gasteiger partial charge in [0, 0.05) is 79.1 Å². The Morgan fingerprint density at radius 3 is 1.04 bits per heavy atom. The van der Waals surface area contributed by atoms with Crippen LogP contribution < -0.4 is 24.3 Å². The molecule has 0 aliphatic rings. The summed E-state index contributed by atoms with van der Waals surface area (Å²) in [5.41, 5.74) is 11.3. The molecule has 0 atom stereocenters. The van der Waals surface area contributed by atoms with Crippen LogP contribution in [-0.4, -0.2) is 75.7 Å². The van der Waals surface area contributed by atoms with Crippen LogP contribution in [-0.2, 0) is 4.74 Å². The fourth-order valence-electron chi connectivity index (χ4n) is 5.81. The van der Waals surface area contributed by atoms with Crippen LogP contribution in [0.25, 0.3) is 11.1 Å². The standard InChI is InChI=1S/C45H52N4O2/c1-46(2)38-22-14-34(15-23-38)44(35-16-24-39(25-17-35)47(3)4)32-43(51-31-30-50-42-12-10-9-11-13-42)33-45(36-18-26-40(27-19-36)48(5)6)37-20-28-41(29-21-37)49(7)8/h9-29,32-33,43H,30-31H2,1-8H3. The average Bonchev–Trinajstić information content (AvgIpc) is 3.14. The van der Waals surface area contributed by atoms with Gasteiger partial charge >= 0.3 is 0 Å². The largest absolute Gasteiger partial charge is 0.491 e. The summed E-state index contributed by atoms with van der Waals surface area (Å²) in [7, 11) is 16.5. The Kier molecular flexibility index (Phi) is 12.6. The zero-order chi connectivity index (χ0) is 36.3. The SMILES string of the molecule is CN(C)c1ccc(C(=CC(C=C(c2ccc(N(C)C)cc2)c2ccc(N(C)C)cc2)OCCOc2ccccc2)c2ccc(N(C)C)cc2)cc1. The minimum absolute atomic E-state index is 0.376. The molecule has 0 amide bonds. The molecule has 0 heterocycles. The number of benzene rings is 5. The van der Waals surface area contributed by atoms with E-state index < -0.39 is 0 Å². The normalized spacial score (nSPS) is 10.8. The first-order valence-corrected chi connectivity index (χ1v) is 17.4. The molecule has 0 radical (unpaired) electrons. The van der Waals surface area contributed by atoms with Crippen LogP contribution in [0.2, 0.25) is 0 Å². The van der Waals surface area contributed by atoms with Crippen molar-refractivity contribution in [1.29, 1.82) is 0 Å². The molecule has 0 saturated carbocycles. The van der Waals surface area contributed by atoms with E-state index in [9.17, 15) is 0 Å². The van der Waals surface area contributed by atoms with Crippen LogP contribution in [0.3, 0.4) is 0 Å². The van der Waals surface area contributed by atoms with Gasteiger partial charge in [-0.15, -0.1) is 0 Å². The maximum Gasteiger partial charge on any atom is 0.119 e. The van der Waals surface area contributed by atoms with Gasteiger partial charge in [0.15, 0.2) is 0 Å². The number of hydrogen-bond acceptors (Lipinski definition) is 6. The van der Waals surface area contributed by atoms with Crippen molar-refractivity contribution < 1.29 is 9.47 Å². The van der Waals surface area contributed by atoms with Crippen molar-refractivity contribution in [2.75, 3.05) is 89.2 Å². The predicted octanol–water partition coefficient (Wildman–Crippen LogP) is 8.98. The van der Waals surface area contributed by atoms with Crippen molar-refractivity contribution >= 4 is 33.9 Å². The van der Waals surface area contributed by atoms with Crippen LogP contribution in [0.15, 0.2) is 140 Å². The van der Waals surface area contributed by atoms with Crippen molar-refractivity contribution in [3.05, 3.63) is 162 Å². The van der Waals surface area contributed by atoms with E-state index in [0.717, 1.165) is 61.9 Å². The number of para-hydroxylation sites is 1. The van der Waals surface area contributed by atoms with Gasteiger partial charge in [-0.1, -0.05) is 66.7 Å². The van der Waals surface area contributed by atoms with Crippen molar-refractivity contribution in [1.82, 2.24) is 0 Å². The Morgan fingerprint density at radius 1 is 0.431 bits per heavy atom. The first-order chi connectivity index (χ1) is 24.6. The molecule has 0 unspecified atom stereocenters. The number of ether oxygens (including phenoxy) is 2. The Balaban J connectivity index is 1.63. The van der Waals surface area contributed by atoms with Gasteiger partial charge in [0.25, 0.3) is 0 Å². The third-order valence-corrected chi connectivity index (χ3v) is 8.85. The summed E-state index contributed by atoms with van der Waals surface area (Å²) in [4.78, 5) is 8.48. The Morgan fingerprint density at radius 2 is 0.745 bits per heavy atom. The first-order valence-electron chi connectivity index (χ1n) is 17.4. The number of nitrogens with zero attached hydrogens (tertiary/aromatic N) is 4. The molecule has 0 aliphatic carbocycles. The second kappa shape index (κ2) is 17.5. The van der Waals surface area contributed by atoms with E-state index in [1.54, 1.807) is 0 Å². The van der Waals surface area contributed by atoms with Gasteiger partial charge in [0.1, 0.15) is 12.4 Å². The van der Waals surface area contributed by atoms with E-state index in [1.807, 2.05) is 30.3 Å². The van der Waals surface area contributed by atoms with E-state index in [2.05, 4.69) is 185 Å². The Hall–Kier alpha value is -5.46. The van der Waals surface area contributed by atoms with E-state index >= 15 is 0 Å².